The van der Waals surface area contributed by atoms with Crippen LogP contribution in [0, 0.1) is 24.7 Å². The van der Waals surface area contributed by atoms with Crippen molar-refractivity contribution < 1.29 is 10.2 Å². The van der Waals surface area contributed by atoms with Crippen LogP contribution < -0.4 is 0 Å². The van der Waals surface area contributed by atoms with Crippen molar-refractivity contribution in [3.05, 3.63) is 59.7 Å². The largest absolute Gasteiger partial charge is 0.508 e. The topological polar surface area (TPSA) is 40.5 Å². The molecular formula is C17H12O2. The Labute approximate surface area is 112 Å². The maximum Gasteiger partial charge on any atom is 0.141 e. The monoisotopic (exact) mass is 248 g/mol. The van der Waals surface area contributed by atoms with Gasteiger partial charge in [0.05, 0.1) is 0 Å². The van der Waals surface area contributed by atoms with Crippen molar-refractivity contribution >= 4 is 0 Å². The third kappa shape index (κ3) is 2.12. The molecule has 2 aromatic carbocycles. The van der Waals surface area contributed by atoms with E-state index in [2.05, 4.69) is 11.8 Å². The maximum absolute atomic E-state index is 9.34. The molecule has 0 aliphatic carbocycles. The van der Waals surface area contributed by atoms with E-state index >= 15 is 0 Å². The summed E-state index contributed by atoms with van der Waals surface area (Å²) < 4.78 is 0. The smallest absolute Gasteiger partial charge is 0.141 e. The van der Waals surface area contributed by atoms with Gasteiger partial charge in [-0.25, -0.2) is 0 Å². The molecule has 0 aliphatic heterocycles. The summed E-state index contributed by atoms with van der Waals surface area (Å²) in [5.41, 5.74) is 0.434. The standard InChI is InChI=1S/C17H12O2/c1-3-17(4-2,13-5-9-15(18)10-6-13)14-7-11-16(19)12-8-14/h1-2,5-12,18-19H. The Kier molecular flexibility index (Phi) is 3.19. The molecule has 2 aromatic rings. The fraction of sp³-hybridized carbons (Fsp3) is 0.0588. The molecule has 0 heterocycles. The van der Waals surface area contributed by atoms with Crippen molar-refractivity contribution in [3.8, 4) is 36.2 Å². The van der Waals surface area contributed by atoms with E-state index in [1.165, 1.54) is 0 Å². The lowest BCUT2D eigenvalue weighted by Crippen LogP contribution is -2.23. The Morgan fingerprint density at radius 3 is 1.26 bits per heavy atom. The lowest BCUT2D eigenvalue weighted by atomic mass is 9.76. The van der Waals surface area contributed by atoms with E-state index in [-0.39, 0.29) is 11.5 Å². The highest BCUT2D eigenvalue weighted by molar-refractivity contribution is 5.56. The van der Waals surface area contributed by atoms with Crippen LogP contribution in [0.2, 0.25) is 0 Å². The summed E-state index contributed by atoms with van der Waals surface area (Å²) >= 11 is 0. The lowest BCUT2D eigenvalue weighted by Gasteiger charge is -2.23. The minimum Gasteiger partial charge on any atom is -0.508 e. The number of phenolic OH excluding ortho intramolecular Hbond substituents is 2. The zero-order valence-corrected chi connectivity index (χ0v) is 10.2. The van der Waals surface area contributed by atoms with Crippen molar-refractivity contribution in [1.29, 1.82) is 0 Å². The van der Waals surface area contributed by atoms with E-state index in [0.29, 0.717) is 0 Å². The fourth-order valence-corrected chi connectivity index (χ4v) is 1.96. The van der Waals surface area contributed by atoms with Gasteiger partial charge in [-0.1, -0.05) is 36.1 Å². The zero-order chi connectivity index (χ0) is 13.9. The molecule has 2 heteroatoms. The van der Waals surface area contributed by atoms with Crippen molar-refractivity contribution in [3.63, 3.8) is 0 Å². The van der Waals surface area contributed by atoms with Gasteiger partial charge in [-0.3, -0.25) is 0 Å². The van der Waals surface area contributed by atoms with E-state index in [1.54, 1.807) is 48.5 Å². The summed E-state index contributed by atoms with van der Waals surface area (Å²) in [6.45, 7) is 0. The van der Waals surface area contributed by atoms with Gasteiger partial charge in [-0.15, -0.1) is 12.8 Å². The van der Waals surface area contributed by atoms with Crippen molar-refractivity contribution in [2.24, 2.45) is 0 Å². The summed E-state index contributed by atoms with van der Waals surface area (Å²) in [7, 11) is 0. The van der Waals surface area contributed by atoms with E-state index in [0.717, 1.165) is 11.1 Å². The average molecular weight is 248 g/mol. The molecule has 0 bridgehead atoms. The van der Waals surface area contributed by atoms with E-state index in [4.69, 9.17) is 12.8 Å². The van der Waals surface area contributed by atoms with Crippen LogP contribution in [0.25, 0.3) is 0 Å². The molecule has 0 saturated carbocycles. The molecule has 0 aliphatic rings. The Morgan fingerprint density at radius 2 is 1.00 bits per heavy atom. The van der Waals surface area contributed by atoms with Gasteiger partial charge in [0.1, 0.15) is 16.9 Å². The number of terminal acetylenes is 2. The van der Waals surface area contributed by atoms with Crippen LogP contribution in [0.1, 0.15) is 11.1 Å². The molecule has 0 atom stereocenters. The van der Waals surface area contributed by atoms with Crippen molar-refractivity contribution in [2.75, 3.05) is 0 Å². The van der Waals surface area contributed by atoms with Crippen LogP contribution in [-0.4, -0.2) is 10.2 Å². The van der Waals surface area contributed by atoms with Crippen LogP contribution >= 0.6 is 0 Å². The third-order valence-electron chi connectivity index (χ3n) is 3.03. The Bertz CT molecular complexity index is 591. The first-order valence-electron chi connectivity index (χ1n) is 5.67. The molecule has 0 saturated heterocycles. The highest BCUT2D eigenvalue weighted by Crippen LogP contribution is 2.32. The predicted molar refractivity (Wildman–Crippen MR) is 74.7 cm³/mol. The van der Waals surface area contributed by atoms with Crippen molar-refractivity contribution in [2.45, 2.75) is 5.41 Å². The summed E-state index contributed by atoms with van der Waals surface area (Å²) in [5.74, 6) is 5.58. The number of phenols is 2. The molecule has 19 heavy (non-hydrogen) atoms. The van der Waals surface area contributed by atoms with Gasteiger partial charge in [-0.05, 0) is 35.4 Å². The Morgan fingerprint density at radius 1 is 0.684 bits per heavy atom. The number of hydrogen-bond donors (Lipinski definition) is 2. The molecule has 2 nitrogen and oxygen atoms in total. The molecule has 92 valence electrons. The minimum absolute atomic E-state index is 0.150. The van der Waals surface area contributed by atoms with Crippen LogP contribution in [0.4, 0.5) is 0 Å². The summed E-state index contributed by atoms with van der Waals surface area (Å²) in [4.78, 5) is 0. The molecule has 2 rings (SSSR count). The van der Waals surface area contributed by atoms with E-state index in [1.807, 2.05) is 0 Å². The SMILES string of the molecule is C#CC(C#C)(c1ccc(O)cc1)c1ccc(O)cc1. The lowest BCUT2D eigenvalue weighted by molar-refractivity contribution is 0.475. The molecule has 0 aromatic heterocycles. The second-order valence-corrected chi connectivity index (χ2v) is 4.13. The molecule has 0 radical (unpaired) electrons. The van der Waals surface area contributed by atoms with Gasteiger partial charge >= 0.3 is 0 Å². The molecular weight excluding hydrogens is 236 g/mol. The number of aromatic hydroxyl groups is 2. The predicted octanol–water partition coefficient (Wildman–Crippen LogP) is 2.65. The van der Waals surface area contributed by atoms with Crippen LogP contribution in [-0.2, 0) is 5.41 Å². The zero-order valence-electron chi connectivity index (χ0n) is 10.2. The third-order valence-corrected chi connectivity index (χ3v) is 3.03. The Hall–Kier alpha value is -2.84. The first-order chi connectivity index (χ1) is 9.12. The molecule has 0 amide bonds. The highest BCUT2D eigenvalue weighted by atomic mass is 16.3. The van der Waals surface area contributed by atoms with E-state index in [9.17, 15) is 10.2 Å². The molecule has 0 spiro atoms. The first-order valence-corrected chi connectivity index (χ1v) is 5.67. The molecule has 0 unspecified atom stereocenters. The number of rotatable bonds is 2. The molecule has 2 N–H and O–H groups in total. The molecule has 0 fully saturated rings. The van der Waals surface area contributed by atoms with Gasteiger partial charge in [0, 0.05) is 0 Å². The van der Waals surface area contributed by atoms with E-state index < -0.39 is 5.41 Å². The van der Waals surface area contributed by atoms with Crippen LogP contribution in [0.15, 0.2) is 48.5 Å². The normalized spacial score (nSPS) is 10.4. The number of benzene rings is 2. The summed E-state index contributed by atoms with van der Waals surface area (Å²) in [5, 5.41) is 18.7. The van der Waals surface area contributed by atoms with Gasteiger partial charge in [0.25, 0.3) is 0 Å². The second kappa shape index (κ2) is 4.80. The van der Waals surface area contributed by atoms with Gasteiger partial charge in [-0.2, -0.15) is 0 Å². The highest BCUT2D eigenvalue weighted by Gasteiger charge is 2.29. The summed E-state index contributed by atoms with van der Waals surface area (Å²) in [6, 6.07) is 12.9. The summed E-state index contributed by atoms with van der Waals surface area (Å²) in [6.07, 6.45) is 11.3. The maximum atomic E-state index is 9.34. The Balaban J connectivity index is 2.62. The van der Waals surface area contributed by atoms with Crippen molar-refractivity contribution in [1.82, 2.24) is 0 Å². The number of hydrogen-bond acceptors (Lipinski definition) is 2. The van der Waals surface area contributed by atoms with Crippen LogP contribution in [0.5, 0.6) is 11.5 Å². The van der Waals surface area contributed by atoms with Crippen LogP contribution in [0.3, 0.4) is 0 Å². The van der Waals surface area contributed by atoms with Gasteiger partial charge in [0.2, 0.25) is 0 Å². The first kappa shape index (κ1) is 12.6. The van der Waals surface area contributed by atoms with Gasteiger partial charge in [0.15, 0.2) is 0 Å². The fourth-order valence-electron chi connectivity index (χ4n) is 1.96. The second-order valence-electron chi connectivity index (χ2n) is 4.13. The quantitative estimate of drug-likeness (QED) is 0.802. The minimum atomic E-state index is -1.01. The average Bonchev–Trinajstić information content (AvgIpc) is 2.44. The van der Waals surface area contributed by atoms with Gasteiger partial charge < -0.3 is 10.2 Å².